The molecule has 1 aromatic carbocycles. The molecule has 1 heterocycles. The third-order valence-electron chi connectivity index (χ3n) is 4.70. The van der Waals surface area contributed by atoms with Crippen molar-refractivity contribution in [2.45, 2.75) is 51.4 Å². The summed E-state index contributed by atoms with van der Waals surface area (Å²) in [7, 11) is 4.41. The number of aliphatic hydroxyl groups excluding tert-OH is 1. The number of nitrogens with zero attached hydrogens (tertiary/aromatic N) is 1. The van der Waals surface area contributed by atoms with Gasteiger partial charge in [0.05, 0.1) is 33.5 Å². The topological polar surface area (TPSA) is 107 Å². The average Bonchev–Trinajstić information content (AvgIpc) is 2.87. The Kier molecular flexibility index (Phi) is 7.77. The van der Waals surface area contributed by atoms with E-state index >= 15 is 0 Å². The highest BCUT2D eigenvalue weighted by Gasteiger charge is 2.32. The Hall–Kier alpha value is -2.68. The van der Waals surface area contributed by atoms with Gasteiger partial charge < -0.3 is 34.3 Å². The van der Waals surface area contributed by atoms with Gasteiger partial charge in [0.25, 0.3) is 5.91 Å². The highest BCUT2D eigenvalue weighted by atomic mass is 16.6. The number of amides is 2. The van der Waals surface area contributed by atoms with Crippen LogP contribution in [0.3, 0.4) is 0 Å². The van der Waals surface area contributed by atoms with Crippen molar-refractivity contribution in [1.82, 2.24) is 10.2 Å². The van der Waals surface area contributed by atoms with Crippen molar-refractivity contribution in [3.05, 3.63) is 17.7 Å². The summed E-state index contributed by atoms with van der Waals surface area (Å²) < 4.78 is 21.3. The molecule has 1 aliphatic rings. The van der Waals surface area contributed by atoms with Crippen molar-refractivity contribution in [2.24, 2.45) is 0 Å². The van der Waals surface area contributed by atoms with E-state index in [9.17, 15) is 14.7 Å². The Balaban J connectivity index is 2.20. The molecule has 0 aromatic heterocycles. The van der Waals surface area contributed by atoms with E-state index in [1.54, 1.807) is 20.8 Å². The summed E-state index contributed by atoms with van der Waals surface area (Å²) in [5, 5.41) is 13.3. The zero-order valence-electron chi connectivity index (χ0n) is 18.5. The van der Waals surface area contributed by atoms with E-state index in [-0.39, 0.29) is 12.1 Å². The minimum atomic E-state index is -0.788. The lowest BCUT2D eigenvalue weighted by molar-refractivity contribution is 0.0223. The number of methoxy groups -OCH3 is 3. The van der Waals surface area contributed by atoms with Gasteiger partial charge in [-0.2, -0.15) is 0 Å². The van der Waals surface area contributed by atoms with Crippen LogP contribution < -0.4 is 19.5 Å². The molecule has 1 aromatic rings. The minimum Gasteiger partial charge on any atom is -0.493 e. The van der Waals surface area contributed by atoms with Gasteiger partial charge in [-0.3, -0.25) is 4.79 Å². The van der Waals surface area contributed by atoms with E-state index in [1.165, 1.54) is 38.4 Å². The van der Waals surface area contributed by atoms with E-state index in [0.717, 1.165) is 0 Å². The molecule has 30 heavy (non-hydrogen) atoms. The van der Waals surface area contributed by atoms with E-state index in [2.05, 4.69) is 5.32 Å². The van der Waals surface area contributed by atoms with Crippen LogP contribution in [0.1, 0.15) is 44.0 Å². The summed E-state index contributed by atoms with van der Waals surface area (Å²) in [6.45, 7) is 5.97. The fourth-order valence-corrected chi connectivity index (χ4v) is 3.24. The molecular weight excluding hydrogens is 392 g/mol. The molecule has 2 amide bonds. The third kappa shape index (κ3) is 5.91. The van der Waals surface area contributed by atoms with Crippen LogP contribution in [0.15, 0.2) is 12.1 Å². The number of benzene rings is 1. The van der Waals surface area contributed by atoms with Crippen LogP contribution in [-0.2, 0) is 4.74 Å². The SMILES string of the molecule is COc1cc(C(=O)N[C@@H]2CN(C(=O)OC(C)(C)C)CCC[C@H]2O)cc(OC)c1OC. The molecule has 0 bridgehead atoms. The predicted molar refractivity (Wildman–Crippen MR) is 110 cm³/mol. The maximum atomic E-state index is 12.9. The lowest BCUT2D eigenvalue weighted by atomic mass is 10.1. The van der Waals surface area contributed by atoms with E-state index < -0.39 is 29.7 Å². The fraction of sp³-hybridized carbons (Fsp3) is 0.619. The predicted octanol–water partition coefficient (Wildman–Crippen LogP) is 2.20. The number of aliphatic hydroxyl groups is 1. The van der Waals surface area contributed by atoms with Crippen LogP contribution in [-0.4, -0.2) is 74.2 Å². The summed E-state index contributed by atoms with van der Waals surface area (Å²) in [6, 6.07) is 2.42. The van der Waals surface area contributed by atoms with Crippen LogP contribution in [0.4, 0.5) is 4.79 Å². The summed E-state index contributed by atoms with van der Waals surface area (Å²) in [4.78, 5) is 26.9. The van der Waals surface area contributed by atoms with Gasteiger partial charge in [0.2, 0.25) is 5.75 Å². The van der Waals surface area contributed by atoms with Crippen molar-refractivity contribution in [3.63, 3.8) is 0 Å². The van der Waals surface area contributed by atoms with Crippen LogP contribution >= 0.6 is 0 Å². The first-order valence-electron chi connectivity index (χ1n) is 9.86. The number of nitrogens with one attached hydrogen (secondary N) is 1. The summed E-state index contributed by atoms with van der Waals surface area (Å²) in [5.74, 6) is 0.643. The fourth-order valence-electron chi connectivity index (χ4n) is 3.24. The molecule has 2 N–H and O–H groups in total. The molecule has 2 atom stereocenters. The van der Waals surface area contributed by atoms with Crippen molar-refractivity contribution in [1.29, 1.82) is 0 Å². The Morgan fingerprint density at radius 1 is 1.10 bits per heavy atom. The van der Waals surface area contributed by atoms with Gasteiger partial charge >= 0.3 is 6.09 Å². The Morgan fingerprint density at radius 3 is 2.20 bits per heavy atom. The Bertz CT molecular complexity index is 735. The van der Waals surface area contributed by atoms with Crippen LogP contribution in [0.2, 0.25) is 0 Å². The first-order chi connectivity index (χ1) is 14.1. The second kappa shape index (κ2) is 9.88. The standard InChI is InChI=1S/C21H32N2O7/c1-21(2,3)30-20(26)23-9-7-8-15(24)14(12-23)22-19(25)13-10-16(27-4)18(29-6)17(11-13)28-5/h10-11,14-15,24H,7-9,12H2,1-6H3,(H,22,25)/t14-,15-/m1/s1. The highest BCUT2D eigenvalue weighted by molar-refractivity contribution is 5.96. The van der Waals surface area contributed by atoms with Crippen molar-refractivity contribution in [3.8, 4) is 17.2 Å². The lowest BCUT2D eigenvalue weighted by Crippen LogP contribution is -2.50. The monoisotopic (exact) mass is 424 g/mol. The molecule has 0 radical (unpaired) electrons. The normalized spacial score (nSPS) is 19.5. The number of likely N-dealkylation sites (tertiary alicyclic amines) is 1. The summed E-state index contributed by atoms with van der Waals surface area (Å²) >= 11 is 0. The summed E-state index contributed by atoms with van der Waals surface area (Å²) in [5.41, 5.74) is -0.346. The number of carbonyl (C=O) groups is 2. The first-order valence-corrected chi connectivity index (χ1v) is 9.86. The third-order valence-corrected chi connectivity index (χ3v) is 4.70. The number of rotatable bonds is 5. The molecule has 168 valence electrons. The lowest BCUT2D eigenvalue weighted by Gasteiger charge is -2.29. The van der Waals surface area contributed by atoms with Gasteiger partial charge in [-0.05, 0) is 45.7 Å². The Morgan fingerprint density at radius 2 is 1.70 bits per heavy atom. The van der Waals surface area contributed by atoms with Crippen LogP contribution in [0, 0.1) is 0 Å². The van der Waals surface area contributed by atoms with Crippen molar-refractivity contribution in [2.75, 3.05) is 34.4 Å². The zero-order valence-corrected chi connectivity index (χ0v) is 18.5. The minimum absolute atomic E-state index is 0.145. The van der Waals surface area contributed by atoms with Gasteiger partial charge in [-0.15, -0.1) is 0 Å². The van der Waals surface area contributed by atoms with Gasteiger partial charge in [0.1, 0.15) is 5.60 Å². The number of carbonyl (C=O) groups excluding carboxylic acids is 2. The first kappa shape index (κ1) is 23.6. The molecule has 9 nitrogen and oxygen atoms in total. The molecule has 0 aliphatic carbocycles. The summed E-state index contributed by atoms with van der Waals surface area (Å²) in [6.07, 6.45) is -0.191. The average molecular weight is 424 g/mol. The molecule has 0 unspecified atom stereocenters. The smallest absolute Gasteiger partial charge is 0.410 e. The number of hydrogen-bond acceptors (Lipinski definition) is 7. The number of ether oxygens (including phenoxy) is 4. The molecule has 0 spiro atoms. The van der Waals surface area contributed by atoms with Gasteiger partial charge in [0.15, 0.2) is 11.5 Å². The van der Waals surface area contributed by atoms with E-state index in [0.29, 0.717) is 36.6 Å². The van der Waals surface area contributed by atoms with E-state index in [1.807, 2.05) is 0 Å². The van der Waals surface area contributed by atoms with Crippen molar-refractivity contribution < 1.29 is 33.6 Å². The van der Waals surface area contributed by atoms with Crippen LogP contribution in [0.25, 0.3) is 0 Å². The van der Waals surface area contributed by atoms with Gasteiger partial charge in [-0.25, -0.2) is 4.79 Å². The maximum Gasteiger partial charge on any atom is 0.410 e. The number of hydrogen-bond donors (Lipinski definition) is 2. The van der Waals surface area contributed by atoms with E-state index in [4.69, 9.17) is 18.9 Å². The van der Waals surface area contributed by atoms with Gasteiger partial charge in [-0.1, -0.05) is 0 Å². The molecule has 1 fully saturated rings. The zero-order chi connectivity index (χ0) is 22.5. The second-order valence-corrected chi connectivity index (χ2v) is 8.13. The molecule has 1 saturated heterocycles. The maximum absolute atomic E-state index is 12.9. The molecule has 1 aliphatic heterocycles. The highest BCUT2D eigenvalue weighted by Crippen LogP contribution is 2.38. The largest absolute Gasteiger partial charge is 0.493 e. The Labute approximate surface area is 177 Å². The molecule has 0 saturated carbocycles. The molecule has 2 rings (SSSR count). The van der Waals surface area contributed by atoms with Crippen LogP contribution in [0.5, 0.6) is 17.2 Å². The molecular formula is C21H32N2O7. The quantitative estimate of drug-likeness (QED) is 0.746. The second-order valence-electron chi connectivity index (χ2n) is 8.13. The van der Waals surface area contributed by atoms with Crippen molar-refractivity contribution >= 4 is 12.0 Å². The van der Waals surface area contributed by atoms with Gasteiger partial charge in [0, 0.05) is 18.7 Å². The molecule has 9 heteroatoms.